The van der Waals surface area contributed by atoms with Gasteiger partial charge in [-0.05, 0) is 6.92 Å². The first-order valence-electron chi connectivity index (χ1n) is 3.70. The van der Waals surface area contributed by atoms with E-state index < -0.39 is 0 Å². The van der Waals surface area contributed by atoms with Gasteiger partial charge in [0.15, 0.2) is 5.65 Å². The zero-order chi connectivity index (χ0) is 8.55. The first-order valence-corrected chi connectivity index (χ1v) is 3.70. The van der Waals surface area contributed by atoms with Gasteiger partial charge in [-0.25, -0.2) is 4.98 Å². The molecule has 12 heavy (non-hydrogen) atoms. The second kappa shape index (κ2) is 2.57. The van der Waals surface area contributed by atoms with Gasteiger partial charge in [-0.2, -0.15) is 0 Å². The van der Waals surface area contributed by atoms with Gasteiger partial charge < -0.3 is 9.51 Å². The highest BCUT2D eigenvalue weighted by molar-refractivity contribution is 5.37. The average molecular weight is 163 g/mol. The number of hydrogen-bond acceptors (Lipinski definition) is 3. The highest BCUT2D eigenvalue weighted by Crippen LogP contribution is 2.04. The molecule has 0 fully saturated rings. The minimum atomic E-state index is -0.0271. The summed E-state index contributed by atoms with van der Waals surface area (Å²) in [4.78, 5) is 8.21. The molecule has 0 spiro atoms. The number of aromatic nitrogens is 3. The van der Waals surface area contributed by atoms with E-state index >= 15 is 0 Å². The summed E-state index contributed by atoms with van der Waals surface area (Å²) in [5, 5.41) is 8.81. The van der Waals surface area contributed by atoms with Crippen LogP contribution in [-0.4, -0.2) is 19.5 Å². The van der Waals surface area contributed by atoms with E-state index in [1.165, 1.54) is 0 Å². The monoisotopic (exact) mass is 163 g/mol. The minimum absolute atomic E-state index is 0.0271. The van der Waals surface area contributed by atoms with Crippen LogP contribution in [0.25, 0.3) is 5.65 Å². The second-order valence-corrected chi connectivity index (χ2v) is 2.68. The first-order chi connectivity index (χ1) is 5.79. The lowest BCUT2D eigenvalue weighted by Gasteiger charge is -1.92. The van der Waals surface area contributed by atoms with Crippen LogP contribution in [0.1, 0.15) is 11.4 Å². The molecule has 2 aromatic heterocycles. The molecule has 0 aliphatic heterocycles. The summed E-state index contributed by atoms with van der Waals surface area (Å²) < 4.78 is 1.86. The van der Waals surface area contributed by atoms with Crippen LogP contribution in [0, 0.1) is 6.92 Å². The normalized spacial score (nSPS) is 10.8. The maximum atomic E-state index is 8.81. The lowest BCUT2D eigenvalue weighted by atomic mass is 10.5. The molecule has 0 unspecified atom stereocenters. The lowest BCUT2D eigenvalue weighted by molar-refractivity contribution is 0.277. The third-order valence-electron chi connectivity index (χ3n) is 1.68. The Morgan fingerprint density at radius 1 is 1.50 bits per heavy atom. The SMILES string of the molecule is Cc1cn2cc(CO)nc2cn1. The number of nitrogens with zero attached hydrogens (tertiary/aromatic N) is 3. The molecule has 1 N–H and O–H groups in total. The van der Waals surface area contributed by atoms with E-state index in [1.807, 2.05) is 17.5 Å². The van der Waals surface area contributed by atoms with E-state index in [0.717, 1.165) is 11.3 Å². The number of aliphatic hydroxyl groups excluding tert-OH is 1. The third-order valence-corrected chi connectivity index (χ3v) is 1.68. The fraction of sp³-hybridized carbons (Fsp3) is 0.250. The Bertz CT molecular complexity index is 408. The fourth-order valence-electron chi connectivity index (χ4n) is 1.13. The van der Waals surface area contributed by atoms with Crippen molar-refractivity contribution in [3.05, 3.63) is 30.0 Å². The molecule has 2 aromatic rings. The zero-order valence-electron chi connectivity index (χ0n) is 6.73. The Morgan fingerprint density at radius 2 is 2.33 bits per heavy atom. The molecule has 2 rings (SSSR count). The number of imidazole rings is 1. The molecule has 0 saturated heterocycles. The summed E-state index contributed by atoms with van der Waals surface area (Å²) in [6, 6.07) is 0. The Balaban J connectivity index is 2.67. The summed E-state index contributed by atoms with van der Waals surface area (Å²) in [6.07, 6.45) is 5.36. The van der Waals surface area contributed by atoms with Crippen molar-refractivity contribution in [3.63, 3.8) is 0 Å². The molecule has 4 nitrogen and oxygen atoms in total. The van der Waals surface area contributed by atoms with Gasteiger partial charge in [0.1, 0.15) is 0 Å². The summed E-state index contributed by atoms with van der Waals surface area (Å²) in [7, 11) is 0. The van der Waals surface area contributed by atoms with Gasteiger partial charge in [0.25, 0.3) is 0 Å². The van der Waals surface area contributed by atoms with Crippen LogP contribution in [0.2, 0.25) is 0 Å². The number of rotatable bonds is 1. The van der Waals surface area contributed by atoms with Crippen molar-refractivity contribution < 1.29 is 5.11 Å². The molecule has 4 heteroatoms. The number of aliphatic hydroxyl groups is 1. The molecule has 0 amide bonds. The zero-order valence-corrected chi connectivity index (χ0v) is 6.73. The van der Waals surface area contributed by atoms with Gasteiger partial charge in [-0.1, -0.05) is 0 Å². The maximum Gasteiger partial charge on any atom is 0.155 e. The molecule has 62 valence electrons. The second-order valence-electron chi connectivity index (χ2n) is 2.68. The average Bonchev–Trinajstić information content (AvgIpc) is 2.46. The molecule has 0 radical (unpaired) electrons. The van der Waals surface area contributed by atoms with Crippen molar-refractivity contribution in [1.82, 2.24) is 14.4 Å². The van der Waals surface area contributed by atoms with E-state index in [0.29, 0.717) is 5.69 Å². The molecule has 0 aromatic carbocycles. The minimum Gasteiger partial charge on any atom is -0.390 e. The van der Waals surface area contributed by atoms with Crippen molar-refractivity contribution in [3.8, 4) is 0 Å². The topological polar surface area (TPSA) is 50.4 Å². The van der Waals surface area contributed by atoms with Gasteiger partial charge in [0, 0.05) is 12.4 Å². The van der Waals surface area contributed by atoms with E-state index in [2.05, 4.69) is 9.97 Å². The summed E-state index contributed by atoms with van der Waals surface area (Å²) in [6.45, 7) is 1.89. The Kier molecular flexibility index (Phi) is 1.55. The van der Waals surface area contributed by atoms with Crippen LogP contribution >= 0.6 is 0 Å². The van der Waals surface area contributed by atoms with Gasteiger partial charge >= 0.3 is 0 Å². The molecule has 0 atom stereocenters. The smallest absolute Gasteiger partial charge is 0.155 e. The third kappa shape index (κ3) is 1.06. The maximum absolute atomic E-state index is 8.81. The summed E-state index contributed by atoms with van der Waals surface area (Å²) in [5.41, 5.74) is 2.37. The van der Waals surface area contributed by atoms with Crippen LogP contribution in [0.4, 0.5) is 0 Å². The molecule has 0 saturated carbocycles. The van der Waals surface area contributed by atoms with Gasteiger partial charge in [0.2, 0.25) is 0 Å². The van der Waals surface area contributed by atoms with Crippen LogP contribution in [0.15, 0.2) is 18.6 Å². The summed E-state index contributed by atoms with van der Waals surface area (Å²) in [5.74, 6) is 0. The highest BCUT2D eigenvalue weighted by atomic mass is 16.3. The Labute approximate surface area is 69.5 Å². The number of fused-ring (bicyclic) bond motifs is 1. The molecule has 0 bridgehead atoms. The van der Waals surface area contributed by atoms with Crippen molar-refractivity contribution >= 4 is 5.65 Å². The Hall–Kier alpha value is -1.42. The molecular weight excluding hydrogens is 154 g/mol. The van der Waals surface area contributed by atoms with E-state index in [9.17, 15) is 0 Å². The van der Waals surface area contributed by atoms with Crippen molar-refractivity contribution in [2.75, 3.05) is 0 Å². The van der Waals surface area contributed by atoms with Gasteiger partial charge in [-0.15, -0.1) is 0 Å². The van der Waals surface area contributed by atoms with Crippen LogP contribution in [0.3, 0.4) is 0 Å². The predicted molar refractivity (Wildman–Crippen MR) is 43.6 cm³/mol. The fourth-order valence-corrected chi connectivity index (χ4v) is 1.13. The Morgan fingerprint density at radius 3 is 3.08 bits per heavy atom. The van der Waals surface area contributed by atoms with Crippen LogP contribution < -0.4 is 0 Å². The van der Waals surface area contributed by atoms with Crippen molar-refractivity contribution in [2.45, 2.75) is 13.5 Å². The highest BCUT2D eigenvalue weighted by Gasteiger charge is 1.99. The standard InChI is InChI=1S/C8H9N3O/c1-6-3-11-4-7(5-12)10-8(11)2-9-6/h2-4,12H,5H2,1H3. The summed E-state index contributed by atoms with van der Waals surface area (Å²) >= 11 is 0. The molecular formula is C8H9N3O. The predicted octanol–water partition coefficient (Wildman–Crippen LogP) is 0.530. The van der Waals surface area contributed by atoms with Crippen molar-refractivity contribution in [1.29, 1.82) is 0 Å². The van der Waals surface area contributed by atoms with E-state index in [-0.39, 0.29) is 6.61 Å². The molecule has 0 aliphatic carbocycles. The van der Waals surface area contributed by atoms with Crippen LogP contribution in [0.5, 0.6) is 0 Å². The molecule has 0 aliphatic rings. The quantitative estimate of drug-likeness (QED) is 0.667. The number of hydrogen-bond donors (Lipinski definition) is 1. The first kappa shape index (κ1) is 7.24. The largest absolute Gasteiger partial charge is 0.390 e. The van der Waals surface area contributed by atoms with Gasteiger partial charge in [0.05, 0.1) is 24.2 Å². The number of aryl methyl sites for hydroxylation is 1. The van der Waals surface area contributed by atoms with E-state index in [4.69, 9.17) is 5.11 Å². The molecule has 2 heterocycles. The van der Waals surface area contributed by atoms with Crippen molar-refractivity contribution in [2.24, 2.45) is 0 Å². The van der Waals surface area contributed by atoms with Gasteiger partial charge in [-0.3, -0.25) is 4.98 Å². The van der Waals surface area contributed by atoms with Crippen LogP contribution in [-0.2, 0) is 6.61 Å². The lowest BCUT2D eigenvalue weighted by Crippen LogP contribution is -1.87. The van der Waals surface area contributed by atoms with E-state index in [1.54, 1.807) is 12.4 Å².